The molecule has 4 heterocycles. The third-order valence-electron chi connectivity index (χ3n) is 5.43. The van der Waals surface area contributed by atoms with Gasteiger partial charge >= 0.3 is 12.1 Å². The van der Waals surface area contributed by atoms with Crippen LogP contribution in [0.1, 0.15) is 49.1 Å². The van der Waals surface area contributed by atoms with Crippen LogP contribution in [0.5, 0.6) is 0 Å². The summed E-state index contributed by atoms with van der Waals surface area (Å²) in [6.07, 6.45) is -2.62. The lowest BCUT2D eigenvalue weighted by molar-refractivity contribution is -0.137. The number of alkyl halides is 3. The number of aromatic nitrogens is 5. The number of halogens is 3. The van der Waals surface area contributed by atoms with E-state index in [2.05, 4.69) is 15.2 Å². The number of hydrogen-bond acceptors (Lipinski definition) is 7. The molecule has 0 aliphatic rings. The maximum Gasteiger partial charge on any atom is 0.417 e. The number of hydrogen-bond donors (Lipinski definition) is 0. The van der Waals surface area contributed by atoms with Gasteiger partial charge in [0, 0.05) is 29.2 Å². The quantitative estimate of drug-likeness (QED) is 0.294. The van der Waals surface area contributed by atoms with Crippen molar-refractivity contribution in [2.45, 2.75) is 33.9 Å². The van der Waals surface area contributed by atoms with Gasteiger partial charge in [-0.15, -0.1) is 0 Å². The molecule has 182 valence electrons. The van der Waals surface area contributed by atoms with Crippen molar-refractivity contribution in [3.63, 3.8) is 0 Å². The molecule has 12 heteroatoms. The van der Waals surface area contributed by atoms with Crippen molar-refractivity contribution in [1.82, 2.24) is 24.5 Å². The van der Waals surface area contributed by atoms with E-state index in [1.807, 2.05) is 6.92 Å². The van der Waals surface area contributed by atoms with Crippen LogP contribution in [-0.2, 0) is 10.9 Å². The van der Waals surface area contributed by atoms with Gasteiger partial charge in [0.1, 0.15) is 11.3 Å². The first kappa shape index (κ1) is 23.9. The molecule has 0 saturated carbocycles. The molecule has 0 spiro atoms. The minimum atomic E-state index is -4.52. The smallest absolute Gasteiger partial charge is 0.417 e. The Balaban J connectivity index is 1.47. The highest BCUT2D eigenvalue weighted by atomic mass is 19.4. The maximum atomic E-state index is 12.8. The van der Waals surface area contributed by atoms with Crippen LogP contribution in [0.3, 0.4) is 0 Å². The normalized spacial score (nSPS) is 11.6. The third kappa shape index (κ3) is 4.59. The van der Waals surface area contributed by atoms with Gasteiger partial charge in [-0.1, -0.05) is 5.16 Å². The predicted molar refractivity (Wildman–Crippen MR) is 116 cm³/mol. The minimum Gasteiger partial charge on any atom is -0.454 e. The number of aryl methyl sites for hydroxylation is 2. The van der Waals surface area contributed by atoms with E-state index in [-0.39, 0.29) is 11.4 Å². The Morgan fingerprint density at radius 3 is 2.34 bits per heavy atom. The second-order valence-electron chi connectivity index (χ2n) is 7.87. The molecule has 4 aromatic heterocycles. The number of carbonyl (C=O) groups excluding carboxylic acids is 2. The highest BCUT2D eigenvalue weighted by Crippen LogP contribution is 2.29. The SMILES string of the molecule is Cc1cc(-n2c(C)cc(C(=O)COC(=O)c3cnn(-c4ccc(C(F)(F)F)cn4)c3C)c2C)no1. The molecule has 0 aliphatic carbocycles. The van der Waals surface area contributed by atoms with Crippen molar-refractivity contribution in [2.75, 3.05) is 6.61 Å². The summed E-state index contributed by atoms with van der Waals surface area (Å²) in [4.78, 5) is 29.1. The molecule has 35 heavy (non-hydrogen) atoms. The number of carbonyl (C=O) groups is 2. The van der Waals surface area contributed by atoms with Crippen LogP contribution in [0.4, 0.5) is 13.2 Å². The van der Waals surface area contributed by atoms with E-state index in [0.29, 0.717) is 34.7 Å². The number of nitrogens with zero attached hydrogens (tertiary/aromatic N) is 5. The summed E-state index contributed by atoms with van der Waals surface area (Å²) in [6, 6.07) is 5.43. The number of Topliss-reactive ketones (excluding diaryl/α,β-unsaturated/α-hetero) is 1. The molecule has 0 bridgehead atoms. The molecular formula is C23H20F3N5O4. The number of pyridine rings is 1. The molecule has 0 N–H and O–H groups in total. The third-order valence-corrected chi connectivity index (χ3v) is 5.43. The van der Waals surface area contributed by atoms with Crippen molar-refractivity contribution in [3.8, 4) is 11.6 Å². The lowest BCUT2D eigenvalue weighted by atomic mass is 10.1. The first-order valence-electron chi connectivity index (χ1n) is 10.4. The molecule has 0 radical (unpaired) electrons. The van der Waals surface area contributed by atoms with Crippen molar-refractivity contribution in [3.05, 3.63) is 76.2 Å². The summed E-state index contributed by atoms with van der Waals surface area (Å²) in [5, 5.41) is 7.99. The molecule has 0 aromatic carbocycles. The van der Waals surface area contributed by atoms with Crippen LogP contribution in [0.2, 0.25) is 0 Å². The maximum absolute atomic E-state index is 12.8. The van der Waals surface area contributed by atoms with E-state index in [0.717, 1.165) is 17.8 Å². The van der Waals surface area contributed by atoms with Crippen molar-refractivity contribution in [2.24, 2.45) is 0 Å². The summed E-state index contributed by atoms with van der Waals surface area (Å²) in [5.41, 5.74) is 1.21. The van der Waals surface area contributed by atoms with E-state index in [4.69, 9.17) is 9.26 Å². The Kier molecular flexibility index (Phi) is 6.05. The summed E-state index contributed by atoms with van der Waals surface area (Å²) >= 11 is 0. The first-order chi connectivity index (χ1) is 16.5. The standard InChI is InChI=1S/C23H20F3N5O4/c1-12-7-17(14(3)30(12)21-8-13(2)35-29-21)19(32)11-34-22(33)18-10-28-31(15(18)4)20-6-5-16(9-27-20)23(24,25)26/h5-10H,11H2,1-4H3. The van der Waals surface area contributed by atoms with E-state index in [1.165, 1.54) is 17.8 Å². The van der Waals surface area contributed by atoms with Crippen molar-refractivity contribution in [1.29, 1.82) is 0 Å². The van der Waals surface area contributed by atoms with Crippen molar-refractivity contribution >= 4 is 11.8 Å². The summed E-state index contributed by atoms with van der Waals surface area (Å²) < 4.78 is 51.6. The van der Waals surface area contributed by atoms with E-state index < -0.39 is 30.1 Å². The van der Waals surface area contributed by atoms with Crippen LogP contribution in [0.25, 0.3) is 11.6 Å². The van der Waals surface area contributed by atoms with Crippen LogP contribution >= 0.6 is 0 Å². The van der Waals surface area contributed by atoms with Gasteiger partial charge < -0.3 is 9.26 Å². The Hall–Kier alpha value is -4.22. The predicted octanol–water partition coefficient (Wildman–Crippen LogP) is 4.34. The molecule has 0 unspecified atom stereocenters. The minimum absolute atomic E-state index is 0.0584. The molecule has 4 aromatic rings. The van der Waals surface area contributed by atoms with Gasteiger partial charge in [-0.3, -0.25) is 9.36 Å². The Labute approximate surface area is 197 Å². The van der Waals surface area contributed by atoms with Gasteiger partial charge in [-0.05, 0) is 45.9 Å². The number of esters is 1. The Bertz CT molecular complexity index is 1410. The Morgan fingerprint density at radius 2 is 1.74 bits per heavy atom. The molecule has 0 aliphatic heterocycles. The zero-order valence-electron chi connectivity index (χ0n) is 19.2. The fraction of sp³-hybridized carbons (Fsp3) is 0.261. The highest BCUT2D eigenvalue weighted by Gasteiger charge is 2.31. The van der Waals surface area contributed by atoms with E-state index >= 15 is 0 Å². The van der Waals surface area contributed by atoms with E-state index in [9.17, 15) is 22.8 Å². The van der Waals surface area contributed by atoms with E-state index in [1.54, 1.807) is 30.5 Å². The van der Waals surface area contributed by atoms with Gasteiger partial charge in [0.2, 0.25) is 5.78 Å². The molecule has 0 atom stereocenters. The number of rotatable bonds is 6. The largest absolute Gasteiger partial charge is 0.454 e. The zero-order chi connectivity index (χ0) is 25.5. The average Bonchev–Trinajstić information content (AvgIpc) is 3.48. The van der Waals surface area contributed by atoms with Gasteiger partial charge in [-0.25, -0.2) is 14.5 Å². The molecule has 4 rings (SSSR count). The monoisotopic (exact) mass is 487 g/mol. The topological polar surface area (TPSA) is 105 Å². The van der Waals surface area contributed by atoms with Gasteiger partial charge in [0.15, 0.2) is 18.2 Å². The Morgan fingerprint density at radius 1 is 1.00 bits per heavy atom. The molecule has 0 saturated heterocycles. The van der Waals surface area contributed by atoms with Gasteiger partial charge in [0.05, 0.1) is 17.5 Å². The lowest BCUT2D eigenvalue weighted by Crippen LogP contribution is -2.15. The van der Waals surface area contributed by atoms with Crippen LogP contribution in [0, 0.1) is 27.7 Å². The molecule has 0 amide bonds. The van der Waals surface area contributed by atoms with Crippen LogP contribution < -0.4 is 0 Å². The van der Waals surface area contributed by atoms with Crippen LogP contribution in [0.15, 0.2) is 41.2 Å². The summed E-state index contributed by atoms with van der Waals surface area (Å²) in [7, 11) is 0. The van der Waals surface area contributed by atoms with Gasteiger partial charge in [-0.2, -0.15) is 18.3 Å². The molecule has 0 fully saturated rings. The van der Waals surface area contributed by atoms with Gasteiger partial charge in [0.25, 0.3) is 0 Å². The second kappa shape index (κ2) is 8.85. The lowest BCUT2D eigenvalue weighted by Gasteiger charge is -2.08. The second-order valence-corrected chi connectivity index (χ2v) is 7.87. The molecular weight excluding hydrogens is 467 g/mol. The first-order valence-corrected chi connectivity index (χ1v) is 10.4. The average molecular weight is 487 g/mol. The molecule has 9 nitrogen and oxygen atoms in total. The van der Waals surface area contributed by atoms with Crippen LogP contribution in [-0.4, -0.2) is 42.8 Å². The fourth-order valence-corrected chi connectivity index (χ4v) is 3.66. The zero-order valence-corrected chi connectivity index (χ0v) is 19.2. The fourth-order valence-electron chi connectivity index (χ4n) is 3.66. The number of ether oxygens (including phenoxy) is 1. The number of ketones is 1. The summed E-state index contributed by atoms with van der Waals surface area (Å²) in [6.45, 7) is 6.35. The highest BCUT2D eigenvalue weighted by molar-refractivity contribution is 6.00. The van der Waals surface area contributed by atoms with Crippen molar-refractivity contribution < 1.29 is 32.0 Å². The summed E-state index contributed by atoms with van der Waals surface area (Å²) in [5.74, 6) is 0.0497.